The molecule has 1 aliphatic heterocycles. The van der Waals surface area contributed by atoms with E-state index < -0.39 is 12.0 Å². The Hall–Kier alpha value is -1.03. The minimum absolute atomic E-state index is 0.0113. The first-order valence-corrected chi connectivity index (χ1v) is 3.23. The van der Waals surface area contributed by atoms with E-state index in [1.54, 1.807) is 0 Å². The van der Waals surface area contributed by atoms with Gasteiger partial charge in [-0.05, 0) is 6.08 Å². The Kier molecular flexibility index (Phi) is 2.14. The number of rotatable bonds is 0. The van der Waals surface area contributed by atoms with Gasteiger partial charge in [-0.2, -0.15) is 4.39 Å². The van der Waals surface area contributed by atoms with E-state index in [0.717, 1.165) is 0 Å². The summed E-state index contributed by atoms with van der Waals surface area (Å²) in [4.78, 5) is 10.8. The largest absolute Gasteiger partial charge is 0.465 e. The number of carboxylic acid groups (broad SMARTS) is 1. The van der Waals surface area contributed by atoms with Crippen LogP contribution in [-0.2, 0) is 0 Å². The number of hydrogen-bond donors (Lipinski definition) is 1. The molecule has 0 aromatic heterocycles. The predicted molar refractivity (Wildman–Crippen MR) is 37.9 cm³/mol. The van der Waals surface area contributed by atoms with Gasteiger partial charge in [0.25, 0.3) is 0 Å². The standard InChI is InChI=1S/C6H5ClFNO2/c7-4-2-1-3-9(5(4)8)6(10)11/h1-2H,3H2,(H,10,11). The quantitative estimate of drug-likeness (QED) is 0.575. The zero-order valence-corrected chi connectivity index (χ0v) is 6.18. The van der Waals surface area contributed by atoms with Crippen LogP contribution in [0, 0.1) is 0 Å². The number of nitrogens with zero attached hydrogens (tertiary/aromatic N) is 1. The molecule has 0 fully saturated rings. The molecule has 0 bridgehead atoms. The van der Waals surface area contributed by atoms with E-state index in [9.17, 15) is 9.18 Å². The second-order valence-electron chi connectivity index (χ2n) is 1.93. The van der Waals surface area contributed by atoms with E-state index in [0.29, 0.717) is 4.90 Å². The van der Waals surface area contributed by atoms with Crippen molar-refractivity contribution in [1.29, 1.82) is 0 Å². The first-order valence-electron chi connectivity index (χ1n) is 2.85. The third-order valence-electron chi connectivity index (χ3n) is 1.22. The molecule has 1 aliphatic rings. The molecule has 5 heteroatoms. The van der Waals surface area contributed by atoms with Gasteiger partial charge >= 0.3 is 6.09 Å². The number of hydrogen-bond acceptors (Lipinski definition) is 1. The molecule has 0 radical (unpaired) electrons. The van der Waals surface area contributed by atoms with Gasteiger partial charge in [-0.1, -0.05) is 17.7 Å². The molecule has 0 aromatic carbocycles. The fraction of sp³-hybridized carbons (Fsp3) is 0.167. The van der Waals surface area contributed by atoms with Crippen molar-refractivity contribution in [3.05, 3.63) is 23.1 Å². The monoisotopic (exact) mass is 177 g/mol. The van der Waals surface area contributed by atoms with Crippen LogP contribution in [0.1, 0.15) is 0 Å². The van der Waals surface area contributed by atoms with Crippen LogP contribution in [0.4, 0.5) is 9.18 Å². The van der Waals surface area contributed by atoms with Crippen LogP contribution >= 0.6 is 11.6 Å². The van der Waals surface area contributed by atoms with Crippen molar-refractivity contribution >= 4 is 17.7 Å². The molecule has 1 rings (SSSR count). The molecule has 1 N–H and O–H groups in total. The van der Waals surface area contributed by atoms with Crippen LogP contribution in [-0.4, -0.2) is 22.6 Å². The molecule has 0 saturated carbocycles. The highest BCUT2D eigenvalue weighted by Crippen LogP contribution is 2.20. The Bertz CT molecular complexity index is 249. The Morgan fingerprint density at radius 1 is 1.82 bits per heavy atom. The molecule has 60 valence electrons. The van der Waals surface area contributed by atoms with Crippen LogP contribution in [0.15, 0.2) is 23.1 Å². The van der Waals surface area contributed by atoms with Crippen LogP contribution in [0.25, 0.3) is 0 Å². The molecular weight excluding hydrogens is 173 g/mol. The van der Waals surface area contributed by atoms with E-state index in [2.05, 4.69) is 0 Å². The highest BCUT2D eigenvalue weighted by atomic mass is 35.5. The molecule has 0 spiro atoms. The summed E-state index contributed by atoms with van der Waals surface area (Å²) in [7, 11) is 0. The van der Waals surface area contributed by atoms with Gasteiger partial charge in [-0.3, -0.25) is 0 Å². The van der Waals surface area contributed by atoms with Gasteiger partial charge in [0.05, 0.1) is 5.03 Å². The van der Waals surface area contributed by atoms with Gasteiger partial charge in [0, 0.05) is 6.54 Å². The average molecular weight is 178 g/mol. The van der Waals surface area contributed by atoms with Gasteiger partial charge in [0.2, 0.25) is 5.95 Å². The SMILES string of the molecule is O=C(O)N1CC=CC(Cl)=C1F. The lowest BCUT2D eigenvalue weighted by atomic mass is 10.3. The second-order valence-corrected chi connectivity index (χ2v) is 2.34. The van der Waals surface area contributed by atoms with Gasteiger partial charge < -0.3 is 5.11 Å². The maximum atomic E-state index is 12.7. The third-order valence-corrected chi connectivity index (χ3v) is 1.50. The fourth-order valence-electron chi connectivity index (χ4n) is 0.701. The van der Waals surface area contributed by atoms with E-state index in [4.69, 9.17) is 16.7 Å². The minimum atomic E-state index is -1.34. The molecule has 0 aliphatic carbocycles. The lowest BCUT2D eigenvalue weighted by Gasteiger charge is -2.17. The normalized spacial score (nSPS) is 17.5. The fourth-order valence-corrected chi connectivity index (χ4v) is 0.893. The van der Waals surface area contributed by atoms with Crippen LogP contribution in [0.2, 0.25) is 0 Å². The van der Waals surface area contributed by atoms with E-state index in [1.807, 2.05) is 0 Å². The lowest BCUT2D eigenvalue weighted by Crippen LogP contribution is -2.29. The van der Waals surface area contributed by atoms with Gasteiger partial charge in [0.15, 0.2) is 0 Å². The van der Waals surface area contributed by atoms with Crippen LogP contribution in [0.5, 0.6) is 0 Å². The summed E-state index contributed by atoms with van der Waals surface area (Å²) in [6.07, 6.45) is 1.46. The zero-order valence-electron chi connectivity index (χ0n) is 5.42. The first-order chi connectivity index (χ1) is 5.13. The highest BCUT2D eigenvalue weighted by molar-refractivity contribution is 6.31. The Labute approximate surface area is 67.4 Å². The first kappa shape index (κ1) is 8.07. The van der Waals surface area contributed by atoms with Crippen molar-refractivity contribution in [3.63, 3.8) is 0 Å². The molecular formula is C6H5ClFNO2. The summed E-state index contributed by atoms with van der Waals surface area (Å²) >= 11 is 5.32. The minimum Gasteiger partial charge on any atom is -0.465 e. The molecule has 1 amide bonds. The summed E-state index contributed by atoms with van der Waals surface area (Å²) in [5.41, 5.74) is 0. The molecule has 3 nitrogen and oxygen atoms in total. The van der Waals surface area contributed by atoms with Crippen molar-refractivity contribution in [2.45, 2.75) is 0 Å². The number of carbonyl (C=O) groups is 1. The summed E-state index contributed by atoms with van der Waals surface area (Å²) in [6.45, 7) is 0.0113. The van der Waals surface area contributed by atoms with Gasteiger partial charge in [-0.15, -0.1) is 0 Å². The summed E-state index contributed by atoms with van der Waals surface area (Å²) in [6, 6.07) is 0. The van der Waals surface area contributed by atoms with Crippen molar-refractivity contribution in [3.8, 4) is 0 Å². The second kappa shape index (κ2) is 2.92. The van der Waals surface area contributed by atoms with E-state index in [1.165, 1.54) is 12.2 Å². The summed E-state index contributed by atoms with van der Waals surface area (Å²) in [5, 5.41) is 8.20. The lowest BCUT2D eigenvalue weighted by molar-refractivity contribution is 0.151. The van der Waals surface area contributed by atoms with Crippen molar-refractivity contribution in [2.75, 3.05) is 6.54 Å². The highest BCUT2D eigenvalue weighted by Gasteiger charge is 2.20. The molecule has 1 heterocycles. The smallest absolute Gasteiger partial charge is 0.413 e. The summed E-state index contributed by atoms with van der Waals surface area (Å²) in [5.74, 6) is -0.915. The molecule has 11 heavy (non-hydrogen) atoms. The maximum absolute atomic E-state index is 12.7. The number of halogens is 2. The molecule has 0 unspecified atom stereocenters. The Morgan fingerprint density at radius 2 is 2.45 bits per heavy atom. The number of allylic oxidation sites excluding steroid dienone is 2. The van der Waals surface area contributed by atoms with Gasteiger partial charge in [0.1, 0.15) is 0 Å². The third kappa shape index (κ3) is 1.51. The Balaban J connectivity index is 2.89. The molecule has 0 saturated heterocycles. The van der Waals surface area contributed by atoms with Crippen molar-refractivity contribution in [1.82, 2.24) is 4.90 Å². The van der Waals surface area contributed by atoms with Gasteiger partial charge in [-0.25, -0.2) is 9.69 Å². The van der Waals surface area contributed by atoms with Crippen molar-refractivity contribution in [2.24, 2.45) is 0 Å². The van der Waals surface area contributed by atoms with E-state index in [-0.39, 0.29) is 11.6 Å². The van der Waals surface area contributed by atoms with Crippen molar-refractivity contribution < 1.29 is 14.3 Å². The maximum Gasteiger partial charge on any atom is 0.413 e. The van der Waals surface area contributed by atoms with E-state index >= 15 is 0 Å². The number of amides is 1. The topological polar surface area (TPSA) is 40.5 Å². The van der Waals surface area contributed by atoms with Crippen LogP contribution in [0.3, 0.4) is 0 Å². The zero-order chi connectivity index (χ0) is 8.43. The predicted octanol–water partition coefficient (Wildman–Crippen LogP) is 1.91. The molecule has 0 aromatic rings. The Morgan fingerprint density at radius 3 is 2.91 bits per heavy atom. The summed E-state index contributed by atoms with van der Waals surface area (Å²) < 4.78 is 12.7. The van der Waals surface area contributed by atoms with Crippen LogP contribution < -0.4 is 0 Å². The molecule has 0 atom stereocenters. The average Bonchev–Trinajstić information content (AvgIpc) is 1.94.